The number of hydrogen-bond acceptors (Lipinski definition) is 4. The monoisotopic (exact) mass is 544 g/mol. The first-order chi connectivity index (χ1) is 18.9. The number of likely N-dealkylation sites (tertiary alicyclic amines) is 1. The van der Waals surface area contributed by atoms with Gasteiger partial charge in [-0.3, -0.25) is 14.2 Å². The van der Waals surface area contributed by atoms with E-state index in [-0.39, 0.29) is 29.8 Å². The Morgan fingerprint density at radius 3 is 2.46 bits per heavy atom. The highest BCUT2D eigenvalue weighted by Crippen LogP contribution is 2.39. The van der Waals surface area contributed by atoms with Crippen molar-refractivity contribution in [2.24, 2.45) is 5.92 Å². The highest BCUT2D eigenvalue weighted by atomic mass is 35.5. The first kappa shape index (κ1) is 25.8. The number of fused-ring (bicyclic) bond motifs is 1. The van der Waals surface area contributed by atoms with Gasteiger partial charge in [0, 0.05) is 35.9 Å². The topological polar surface area (TPSA) is 80.4 Å². The van der Waals surface area contributed by atoms with Crippen molar-refractivity contribution in [2.75, 3.05) is 13.1 Å². The summed E-state index contributed by atoms with van der Waals surface area (Å²) in [5, 5.41) is 12.6. The van der Waals surface area contributed by atoms with E-state index in [9.17, 15) is 14.7 Å². The standard InChI is InChI=1S/C31H33ClN4O3/c32-23-10-12-24(13-11-23)36-17-14-27-28(36)33-21-35(30(27)38)20-31(39)15-18-34(19-16-31)29(37)26-9-5-4-8-25(26)22-6-2-1-3-7-22/h1-3,6-7,10-14,17,21,25-26,39H,4-5,8-9,15-16,18-20H2/t25-,26+/m0/s1. The Hall–Kier alpha value is -3.42. The van der Waals surface area contributed by atoms with E-state index in [2.05, 4.69) is 17.1 Å². The second kappa shape index (κ2) is 10.6. The molecule has 202 valence electrons. The lowest BCUT2D eigenvalue weighted by Crippen LogP contribution is -2.51. The molecule has 2 aromatic heterocycles. The van der Waals surface area contributed by atoms with Crippen LogP contribution in [0.1, 0.15) is 50.0 Å². The number of carbonyl (C=O) groups excluding carboxylic acids is 1. The van der Waals surface area contributed by atoms with Gasteiger partial charge in [0.2, 0.25) is 5.91 Å². The number of benzene rings is 2. The summed E-state index contributed by atoms with van der Waals surface area (Å²) >= 11 is 6.02. The molecule has 2 aliphatic rings. The van der Waals surface area contributed by atoms with Crippen LogP contribution in [0.2, 0.25) is 5.02 Å². The third kappa shape index (κ3) is 5.13. The van der Waals surface area contributed by atoms with Crippen LogP contribution in [-0.2, 0) is 11.3 Å². The van der Waals surface area contributed by atoms with Crippen LogP contribution in [0.4, 0.5) is 0 Å². The first-order valence-corrected chi connectivity index (χ1v) is 14.2. The average Bonchev–Trinajstić information content (AvgIpc) is 3.40. The number of piperidine rings is 1. The SMILES string of the molecule is O=C([C@@H]1CCCC[C@H]1c1ccccc1)N1CCC(O)(Cn2cnc3c(ccn3-c3ccc(Cl)cc3)c2=O)CC1. The van der Waals surface area contributed by atoms with Crippen molar-refractivity contribution in [2.45, 2.75) is 56.6 Å². The van der Waals surface area contributed by atoms with Crippen molar-refractivity contribution in [3.63, 3.8) is 0 Å². The van der Waals surface area contributed by atoms with Crippen molar-refractivity contribution in [1.82, 2.24) is 19.0 Å². The third-order valence-corrected chi connectivity index (χ3v) is 8.81. The molecule has 0 radical (unpaired) electrons. The number of nitrogens with zero attached hydrogens (tertiary/aromatic N) is 4. The fourth-order valence-corrected chi connectivity index (χ4v) is 6.48. The summed E-state index contributed by atoms with van der Waals surface area (Å²) in [6.07, 6.45) is 8.37. The van der Waals surface area contributed by atoms with E-state index in [1.807, 2.05) is 46.0 Å². The van der Waals surface area contributed by atoms with Crippen molar-refractivity contribution < 1.29 is 9.90 Å². The number of aromatic nitrogens is 3. The molecule has 39 heavy (non-hydrogen) atoms. The number of halogens is 1. The van der Waals surface area contributed by atoms with Gasteiger partial charge in [0.1, 0.15) is 6.33 Å². The molecule has 4 aromatic rings. The fourth-order valence-electron chi connectivity index (χ4n) is 6.36. The summed E-state index contributed by atoms with van der Waals surface area (Å²) in [4.78, 5) is 33.4. The smallest absolute Gasteiger partial charge is 0.262 e. The van der Waals surface area contributed by atoms with Gasteiger partial charge in [-0.25, -0.2) is 4.98 Å². The van der Waals surface area contributed by atoms with E-state index in [0.29, 0.717) is 42.0 Å². The van der Waals surface area contributed by atoms with Gasteiger partial charge in [-0.15, -0.1) is 0 Å². The largest absolute Gasteiger partial charge is 0.388 e. The van der Waals surface area contributed by atoms with Crippen LogP contribution in [0, 0.1) is 5.92 Å². The first-order valence-electron chi connectivity index (χ1n) is 13.8. The molecule has 0 bridgehead atoms. The Morgan fingerprint density at radius 1 is 1.00 bits per heavy atom. The van der Waals surface area contributed by atoms with E-state index in [1.165, 1.54) is 16.5 Å². The number of amides is 1. The van der Waals surface area contributed by atoms with Gasteiger partial charge in [0.05, 0.1) is 17.5 Å². The number of carbonyl (C=O) groups is 1. The molecule has 0 unspecified atom stereocenters. The molecule has 0 spiro atoms. The highest BCUT2D eigenvalue weighted by Gasteiger charge is 2.39. The van der Waals surface area contributed by atoms with E-state index in [1.54, 1.807) is 18.2 Å². The van der Waals surface area contributed by atoms with Crippen LogP contribution in [0.5, 0.6) is 0 Å². The molecule has 1 aliphatic carbocycles. The maximum Gasteiger partial charge on any atom is 0.262 e. The molecule has 2 aromatic carbocycles. The summed E-state index contributed by atoms with van der Waals surface area (Å²) in [5.74, 6) is 0.450. The van der Waals surface area contributed by atoms with Gasteiger partial charge in [0.25, 0.3) is 5.56 Å². The Balaban J connectivity index is 1.15. The van der Waals surface area contributed by atoms with Gasteiger partial charge in [0.15, 0.2) is 5.65 Å². The molecular formula is C31H33ClN4O3. The van der Waals surface area contributed by atoms with Gasteiger partial charge in [-0.05, 0) is 67.5 Å². The van der Waals surface area contributed by atoms with E-state index < -0.39 is 5.60 Å². The Labute approximate surface area is 232 Å². The summed E-state index contributed by atoms with van der Waals surface area (Å²) in [6, 6.07) is 19.5. The quantitative estimate of drug-likeness (QED) is 0.376. The molecule has 1 amide bonds. The number of hydrogen-bond donors (Lipinski definition) is 1. The van der Waals surface area contributed by atoms with Gasteiger partial charge < -0.3 is 14.6 Å². The summed E-state index contributed by atoms with van der Waals surface area (Å²) in [7, 11) is 0. The molecule has 2 fully saturated rings. The molecule has 1 N–H and O–H groups in total. The Kier molecular flexibility index (Phi) is 7.04. The zero-order valence-electron chi connectivity index (χ0n) is 21.9. The number of rotatable bonds is 5. The van der Waals surface area contributed by atoms with Gasteiger partial charge >= 0.3 is 0 Å². The minimum atomic E-state index is -1.07. The second-order valence-corrected chi connectivity index (χ2v) is 11.5. The number of aliphatic hydroxyl groups is 1. The molecule has 1 aliphatic heterocycles. The van der Waals surface area contributed by atoms with E-state index in [4.69, 9.17) is 11.6 Å². The maximum atomic E-state index is 13.6. The normalized spacial score (nSPS) is 21.2. The molecular weight excluding hydrogens is 512 g/mol. The maximum absolute atomic E-state index is 13.6. The van der Waals surface area contributed by atoms with Crippen LogP contribution in [0.3, 0.4) is 0 Å². The zero-order valence-corrected chi connectivity index (χ0v) is 22.6. The summed E-state index contributed by atoms with van der Waals surface area (Å²) in [5.41, 5.74) is 1.41. The molecule has 2 atom stereocenters. The van der Waals surface area contributed by atoms with Gasteiger partial charge in [-0.1, -0.05) is 54.8 Å². The molecule has 1 saturated heterocycles. The van der Waals surface area contributed by atoms with Crippen LogP contribution < -0.4 is 5.56 Å². The second-order valence-electron chi connectivity index (χ2n) is 11.0. The van der Waals surface area contributed by atoms with Crippen molar-refractivity contribution in [1.29, 1.82) is 0 Å². The molecule has 6 rings (SSSR count). The van der Waals surface area contributed by atoms with Crippen LogP contribution in [0.15, 0.2) is 78.0 Å². The molecule has 3 heterocycles. The lowest BCUT2D eigenvalue weighted by molar-refractivity contribution is -0.142. The van der Waals surface area contributed by atoms with Crippen molar-refractivity contribution in [3.05, 3.63) is 94.1 Å². The van der Waals surface area contributed by atoms with Crippen LogP contribution >= 0.6 is 11.6 Å². The average molecular weight is 545 g/mol. The summed E-state index contributed by atoms with van der Waals surface area (Å²) in [6.45, 7) is 1.13. The van der Waals surface area contributed by atoms with Crippen LogP contribution in [-0.4, -0.2) is 48.7 Å². The third-order valence-electron chi connectivity index (χ3n) is 8.56. The Morgan fingerprint density at radius 2 is 1.72 bits per heavy atom. The fraction of sp³-hybridized carbons (Fsp3) is 0.387. The van der Waals surface area contributed by atoms with Crippen LogP contribution in [0.25, 0.3) is 16.7 Å². The van der Waals surface area contributed by atoms with Crippen molar-refractivity contribution >= 4 is 28.5 Å². The lowest BCUT2D eigenvalue weighted by atomic mass is 9.74. The predicted molar refractivity (Wildman–Crippen MR) is 152 cm³/mol. The zero-order chi connectivity index (χ0) is 27.0. The Bertz CT molecular complexity index is 1520. The predicted octanol–water partition coefficient (Wildman–Crippen LogP) is 5.17. The minimum absolute atomic E-state index is 0.00811. The summed E-state index contributed by atoms with van der Waals surface area (Å²) < 4.78 is 3.35. The van der Waals surface area contributed by atoms with Crippen molar-refractivity contribution in [3.8, 4) is 5.69 Å². The minimum Gasteiger partial charge on any atom is -0.388 e. The van der Waals surface area contributed by atoms with E-state index >= 15 is 0 Å². The van der Waals surface area contributed by atoms with Gasteiger partial charge in [-0.2, -0.15) is 0 Å². The molecule has 7 nitrogen and oxygen atoms in total. The van der Waals surface area contributed by atoms with E-state index in [0.717, 1.165) is 31.4 Å². The molecule has 8 heteroatoms. The highest BCUT2D eigenvalue weighted by molar-refractivity contribution is 6.30. The lowest BCUT2D eigenvalue weighted by Gasteiger charge is -2.41. The molecule has 1 saturated carbocycles.